The molecule has 4 aliphatic carbocycles. The molecule has 4 rings (SSSR count). The maximum atomic E-state index is 4.93. The molecule has 0 nitrogen and oxygen atoms in total. The molecule has 0 saturated heterocycles. The summed E-state index contributed by atoms with van der Waals surface area (Å²) >= 11 is -0.826. The summed E-state index contributed by atoms with van der Waals surface area (Å²) in [4.78, 5) is 0. The van der Waals surface area contributed by atoms with Crippen molar-refractivity contribution in [1.82, 2.24) is 0 Å². The van der Waals surface area contributed by atoms with E-state index < -0.39 is 20.8 Å². The molecule has 2 saturated carbocycles. The van der Waals surface area contributed by atoms with Gasteiger partial charge < -0.3 is 0 Å². The number of halogens is 2. The molecule has 0 heterocycles. The summed E-state index contributed by atoms with van der Waals surface area (Å²) in [5.74, 6) is 7.05. The Morgan fingerprint density at radius 3 is 1.16 bits per heavy atom. The SMILES string of the molecule is CC(C)(C)[C]1[C]2C=CC=C[C]2[C]2C=CC=C[C]21.[CH]1[CH][CH][CH][CH]1.[Cl][Zr+2][Cl]. The minimum absolute atomic E-state index is 0.183. The second-order valence-corrected chi connectivity index (χ2v) is 10.5. The fraction of sp³-hybridized carbons (Fsp3) is 0.182. The summed E-state index contributed by atoms with van der Waals surface area (Å²) in [6, 6.07) is 0. The molecule has 10 radical (unpaired) electrons. The van der Waals surface area contributed by atoms with E-state index in [1.54, 1.807) is 0 Å². The Kier molecular flexibility index (Phi) is 9.28. The van der Waals surface area contributed by atoms with Gasteiger partial charge in [0.2, 0.25) is 0 Å². The monoisotopic (exact) mass is 446 g/mol. The van der Waals surface area contributed by atoms with Crippen LogP contribution in [0.2, 0.25) is 0 Å². The molecule has 25 heavy (non-hydrogen) atoms. The van der Waals surface area contributed by atoms with Crippen LogP contribution in [0.3, 0.4) is 0 Å². The summed E-state index contributed by atoms with van der Waals surface area (Å²) in [6.07, 6.45) is 27.5. The van der Waals surface area contributed by atoms with E-state index >= 15 is 0 Å². The van der Waals surface area contributed by atoms with E-state index in [2.05, 4.69) is 69.4 Å². The van der Waals surface area contributed by atoms with Gasteiger partial charge in [0.25, 0.3) is 0 Å². The number of fused-ring (bicyclic) bond motifs is 3. The van der Waals surface area contributed by atoms with E-state index in [0.29, 0.717) is 0 Å². The third kappa shape index (κ3) is 5.95. The molecule has 0 aliphatic heterocycles. The molecule has 0 aromatic heterocycles. The van der Waals surface area contributed by atoms with Gasteiger partial charge in [-0.2, -0.15) is 0 Å². The van der Waals surface area contributed by atoms with Crippen LogP contribution in [0.15, 0.2) is 48.6 Å². The summed E-state index contributed by atoms with van der Waals surface area (Å²) in [7, 11) is 9.87. The summed E-state index contributed by atoms with van der Waals surface area (Å²) in [5, 5.41) is 0. The zero-order chi connectivity index (χ0) is 18.3. The molecule has 2 fully saturated rings. The van der Waals surface area contributed by atoms with Crippen LogP contribution in [-0.4, -0.2) is 0 Å². The molecule has 4 aliphatic rings. The van der Waals surface area contributed by atoms with Crippen molar-refractivity contribution < 1.29 is 20.8 Å². The van der Waals surface area contributed by atoms with Gasteiger partial charge in [0.15, 0.2) is 0 Å². The number of hydrogen-bond donors (Lipinski definition) is 0. The predicted octanol–water partition coefficient (Wildman–Crippen LogP) is 6.57. The van der Waals surface area contributed by atoms with Crippen molar-refractivity contribution in [2.24, 2.45) is 5.41 Å². The molecule has 0 aromatic rings. The van der Waals surface area contributed by atoms with Crippen LogP contribution in [-0.2, 0) is 20.8 Å². The van der Waals surface area contributed by atoms with Crippen LogP contribution in [0.1, 0.15) is 20.8 Å². The molecular weight excluding hydrogens is 426 g/mol. The van der Waals surface area contributed by atoms with E-state index in [1.807, 2.05) is 32.1 Å². The van der Waals surface area contributed by atoms with Gasteiger partial charge in [-0.05, 0) is 37.5 Å². The molecule has 0 unspecified atom stereocenters. The van der Waals surface area contributed by atoms with E-state index in [-0.39, 0.29) is 5.41 Å². The first-order valence-corrected chi connectivity index (χ1v) is 14.5. The van der Waals surface area contributed by atoms with Gasteiger partial charge >= 0.3 is 37.9 Å². The number of hydrogen-bond acceptors (Lipinski definition) is 0. The average molecular weight is 449 g/mol. The Bertz CT molecular complexity index is 467. The second-order valence-electron chi connectivity index (χ2n) is 6.75. The van der Waals surface area contributed by atoms with Gasteiger partial charge in [0.1, 0.15) is 0 Å². The maximum absolute atomic E-state index is 4.93. The van der Waals surface area contributed by atoms with E-state index in [0.717, 1.165) is 0 Å². The minimum atomic E-state index is -0.826. The Morgan fingerprint density at radius 2 is 0.880 bits per heavy atom. The van der Waals surface area contributed by atoms with Crippen LogP contribution in [0.25, 0.3) is 0 Å². The first-order chi connectivity index (χ1) is 12.0. The molecule has 0 bridgehead atoms. The van der Waals surface area contributed by atoms with Gasteiger partial charge in [-0.25, -0.2) is 0 Å². The molecule has 0 amide bonds. The molecule has 0 spiro atoms. The number of rotatable bonds is 0. The Balaban J connectivity index is 0.000000235. The summed E-state index contributed by atoms with van der Waals surface area (Å²) in [6.45, 7) is 6.88. The Hall–Kier alpha value is 0.423. The van der Waals surface area contributed by atoms with E-state index in [1.165, 1.54) is 29.6 Å². The normalized spacial score (nSPS) is 23.4. The van der Waals surface area contributed by atoms with Crippen LogP contribution >= 0.6 is 17.0 Å². The second kappa shape index (κ2) is 10.7. The van der Waals surface area contributed by atoms with Crippen molar-refractivity contribution in [3.05, 3.63) is 110 Å². The molecule has 0 atom stereocenters. The van der Waals surface area contributed by atoms with Crippen molar-refractivity contribution in [2.75, 3.05) is 0 Å². The zero-order valence-electron chi connectivity index (χ0n) is 14.8. The Labute approximate surface area is 173 Å². The van der Waals surface area contributed by atoms with E-state index in [4.69, 9.17) is 17.0 Å². The fourth-order valence-corrected chi connectivity index (χ4v) is 3.15. The van der Waals surface area contributed by atoms with Crippen molar-refractivity contribution in [3.63, 3.8) is 0 Å². The third-order valence-electron chi connectivity index (χ3n) is 3.99. The number of allylic oxidation sites excluding steroid dienone is 8. The Morgan fingerprint density at radius 1 is 0.600 bits per heavy atom. The third-order valence-corrected chi connectivity index (χ3v) is 3.99. The van der Waals surface area contributed by atoms with Crippen LogP contribution in [0.5, 0.6) is 0 Å². The predicted molar refractivity (Wildman–Crippen MR) is 105 cm³/mol. The zero-order valence-corrected chi connectivity index (χ0v) is 18.7. The first-order valence-electron chi connectivity index (χ1n) is 8.20. The first kappa shape index (κ1) is 21.7. The van der Waals surface area contributed by atoms with Crippen molar-refractivity contribution in [3.8, 4) is 0 Å². The molecule has 3 heteroatoms. The van der Waals surface area contributed by atoms with Gasteiger partial charge in [0.05, 0.1) is 0 Å². The molecule has 0 aromatic carbocycles. The quantitative estimate of drug-likeness (QED) is 0.393. The van der Waals surface area contributed by atoms with Gasteiger partial charge in [-0.1, -0.05) is 69.4 Å². The van der Waals surface area contributed by atoms with Gasteiger partial charge in [-0.3, -0.25) is 0 Å². The van der Waals surface area contributed by atoms with Crippen LogP contribution in [0, 0.1) is 67.1 Å². The molecule has 126 valence electrons. The van der Waals surface area contributed by atoms with Crippen LogP contribution in [0.4, 0.5) is 0 Å². The van der Waals surface area contributed by atoms with Gasteiger partial charge in [-0.15, -0.1) is 0 Å². The topological polar surface area (TPSA) is 0 Å². The van der Waals surface area contributed by atoms with Crippen molar-refractivity contribution >= 4 is 17.0 Å². The average Bonchev–Trinajstić information content (AvgIpc) is 3.25. The summed E-state index contributed by atoms with van der Waals surface area (Å²) in [5.41, 5.74) is 0.183. The summed E-state index contributed by atoms with van der Waals surface area (Å²) < 4.78 is 0. The standard InChI is InChI=1S/C17H17.C5H5.2ClH.Zr/c1-17(2,3)16-14-10-6-4-8-12(14)13-9-5-7-11-15(13)16;1-2-4-5-3-1;;;/h4-11H,1-3H3;1-5H;2*1H;/q;;;;+4/p-2. The van der Waals surface area contributed by atoms with E-state index in [9.17, 15) is 0 Å². The van der Waals surface area contributed by atoms with Crippen molar-refractivity contribution in [2.45, 2.75) is 20.8 Å². The van der Waals surface area contributed by atoms with Crippen molar-refractivity contribution in [1.29, 1.82) is 0 Å². The fourth-order valence-electron chi connectivity index (χ4n) is 3.15. The van der Waals surface area contributed by atoms with Crippen LogP contribution < -0.4 is 0 Å². The molecule has 0 N–H and O–H groups in total. The van der Waals surface area contributed by atoms with Gasteiger partial charge in [0, 0.05) is 29.6 Å². The molecular formula is C22H22Cl2Zr+2.